The van der Waals surface area contributed by atoms with E-state index in [9.17, 15) is 14.3 Å². The van der Waals surface area contributed by atoms with Gasteiger partial charge < -0.3 is 19.7 Å². The van der Waals surface area contributed by atoms with Crippen molar-refractivity contribution in [2.45, 2.75) is 103 Å². The van der Waals surface area contributed by atoms with Crippen molar-refractivity contribution in [3.05, 3.63) is 28.8 Å². The third-order valence-corrected chi connectivity index (χ3v) is 7.31. The standard InChI is InChI=1S/C24H40NO5P/c1-17-13-19(15-23(6,7)25-21(26)30-22(3,4)5)14-18(2)20(17)29-16-24(31(27)28)11-9-8-10-12-24/h13-14,31H,8-12,15-16H2,1-7H3,(H,25,26)(H,27,28). The summed E-state index contributed by atoms with van der Waals surface area (Å²) in [5.74, 6) is 0.787. The van der Waals surface area contributed by atoms with Crippen LogP contribution in [-0.2, 0) is 15.7 Å². The number of rotatable bonds is 7. The Morgan fingerprint density at radius 1 is 1.10 bits per heavy atom. The average molecular weight is 454 g/mol. The molecule has 1 atom stereocenters. The van der Waals surface area contributed by atoms with Crippen molar-refractivity contribution in [1.82, 2.24) is 5.32 Å². The molecule has 6 nitrogen and oxygen atoms in total. The van der Waals surface area contributed by atoms with E-state index < -0.39 is 30.4 Å². The zero-order valence-electron chi connectivity index (χ0n) is 20.2. The van der Waals surface area contributed by atoms with Gasteiger partial charge in [0.05, 0.1) is 5.16 Å². The molecule has 1 aromatic rings. The van der Waals surface area contributed by atoms with Gasteiger partial charge >= 0.3 is 6.09 Å². The van der Waals surface area contributed by atoms with E-state index in [4.69, 9.17) is 9.47 Å². The number of hydrogen-bond donors (Lipinski definition) is 2. The number of alkyl carbamates (subject to hydrolysis) is 1. The Balaban J connectivity index is 2.09. The lowest BCUT2D eigenvalue weighted by atomic mass is 9.89. The Morgan fingerprint density at radius 3 is 2.13 bits per heavy atom. The van der Waals surface area contributed by atoms with Crippen molar-refractivity contribution in [1.29, 1.82) is 0 Å². The maximum absolute atomic E-state index is 12.2. The molecule has 0 aliphatic heterocycles. The quantitative estimate of drug-likeness (QED) is 0.518. The molecule has 1 saturated carbocycles. The molecule has 0 radical (unpaired) electrons. The first-order valence-corrected chi connectivity index (χ1v) is 12.6. The van der Waals surface area contributed by atoms with Gasteiger partial charge in [0.1, 0.15) is 18.0 Å². The molecule has 2 N–H and O–H groups in total. The molecule has 0 spiro atoms. The maximum Gasteiger partial charge on any atom is 0.408 e. The molecular formula is C24H40NO5P. The number of carbonyl (C=O) groups is 1. The van der Waals surface area contributed by atoms with E-state index in [2.05, 4.69) is 17.4 Å². The number of hydrogen-bond acceptors (Lipinski definition) is 4. The van der Waals surface area contributed by atoms with Crippen LogP contribution in [-0.4, -0.2) is 33.9 Å². The molecule has 1 fully saturated rings. The second-order valence-corrected chi connectivity index (χ2v) is 12.4. The van der Waals surface area contributed by atoms with E-state index in [1.165, 1.54) is 0 Å². The molecular weight excluding hydrogens is 413 g/mol. The molecule has 1 aromatic carbocycles. The molecule has 1 amide bonds. The summed E-state index contributed by atoms with van der Waals surface area (Å²) in [6, 6.07) is 4.13. The molecule has 1 unspecified atom stereocenters. The van der Waals surface area contributed by atoms with Gasteiger partial charge in [-0.1, -0.05) is 31.4 Å². The van der Waals surface area contributed by atoms with Crippen LogP contribution in [0.1, 0.15) is 83.4 Å². The van der Waals surface area contributed by atoms with Crippen molar-refractivity contribution < 1.29 is 23.7 Å². The molecule has 0 saturated heterocycles. The third-order valence-electron chi connectivity index (χ3n) is 5.76. The van der Waals surface area contributed by atoms with Gasteiger partial charge in [0.15, 0.2) is 8.03 Å². The number of benzene rings is 1. The molecule has 176 valence electrons. The van der Waals surface area contributed by atoms with Crippen molar-refractivity contribution >= 4 is 14.1 Å². The predicted molar refractivity (Wildman–Crippen MR) is 126 cm³/mol. The van der Waals surface area contributed by atoms with Gasteiger partial charge in [-0.15, -0.1) is 0 Å². The molecule has 2 rings (SSSR count). The number of nitrogens with one attached hydrogen (secondary N) is 1. The normalized spacial score (nSPS) is 17.7. The van der Waals surface area contributed by atoms with E-state index in [1.807, 2.05) is 48.5 Å². The number of ether oxygens (including phenoxy) is 2. The van der Waals surface area contributed by atoms with Crippen LogP contribution in [0.4, 0.5) is 4.79 Å². The number of aryl methyl sites for hydroxylation is 2. The zero-order chi connectivity index (χ0) is 23.4. The number of carbonyl (C=O) groups excluding carboxylic acids is 1. The van der Waals surface area contributed by atoms with Crippen molar-refractivity contribution in [3.8, 4) is 5.75 Å². The minimum absolute atomic E-state index is 0.286. The monoisotopic (exact) mass is 453 g/mol. The Hall–Kier alpha value is -1.52. The van der Waals surface area contributed by atoms with Gasteiger partial charge in [-0.05, 0) is 84.4 Å². The fraction of sp³-hybridized carbons (Fsp3) is 0.708. The molecule has 7 heteroatoms. The summed E-state index contributed by atoms with van der Waals surface area (Å²) < 4.78 is 23.6. The van der Waals surface area contributed by atoms with E-state index in [1.54, 1.807) is 0 Å². The number of amides is 1. The van der Waals surface area contributed by atoms with Crippen LogP contribution in [0.5, 0.6) is 5.75 Å². The topological polar surface area (TPSA) is 84.9 Å². The molecule has 1 aliphatic carbocycles. The van der Waals surface area contributed by atoms with Gasteiger partial charge in [0, 0.05) is 5.54 Å². The van der Waals surface area contributed by atoms with E-state index in [-0.39, 0.29) is 6.61 Å². The van der Waals surface area contributed by atoms with Crippen molar-refractivity contribution in [2.24, 2.45) is 0 Å². The molecule has 0 aromatic heterocycles. The lowest BCUT2D eigenvalue weighted by Gasteiger charge is -2.34. The van der Waals surface area contributed by atoms with E-state index >= 15 is 0 Å². The van der Waals surface area contributed by atoms with Gasteiger partial charge in [-0.3, -0.25) is 4.57 Å². The van der Waals surface area contributed by atoms with Crippen LogP contribution in [0.2, 0.25) is 0 Å². The van der Waals surface area contributed by atoms with Gasteiger partial charge in [0.2, 0.25) is 0 Å². The second kappa shape index (κ2) is 9.95. The Kier molecular flexibility index (Phi) is 8.27. The van der Waals surface area contributed by atoms with E-state index in [0.717, 1.165) is 54.5 Å². The highest BCUT2D eigenvalue weighted by Crippen LogP contribution is 2.47. The molecule has 0 bridgehead atoms. The molecule has 1 aliphatic rings. The summed E-state index contributed by atoms with van der Waals surface area (Å²) >= 11 is 0. The summed E-state index contributed by atoms with van der Waals surface area (Å²) in [6.07, 6.45) is 4.81. The van der Waals surface area contributed by atoms with Crippen LogP contribution in [0.3, 0.4) is 0 Å². The smallest absolute Gasteiger partial charge is 0.408 e. The first-order valence-electron chi connectivity index (χ1n) is 11.2. The highest BCUT2D eigenvalue weighted by Gasteiger charge is 2.38. The Morgan fingerprint density at radius 2 is 1.65 bits per heavy atom. The third kappa shape index (κ3) is 7.54. The van der Waals surface area contributed by atoms with Gasteiger partial charge in [-0.2, -0.15) is 0 Å². The van der Waals surface area contributed by atoms with Gasteiger partial charge in [-0.25, -0.2) is 4.79 Å². The molecule has 0 heterocycles. The maximum atomic E-state index is 12.2. The zero-order valence-corrected chi connectivity index (χ0v) is 21.2. The van der Waals surface area contributed by atoms with Crippen LogP contribution < -0.4 is 10.1 Å². The second-order valence-electron chi connectivity index (χ2n) is 10.7. The van der Waals surface area contributed by atoms with Crippen LogP contribution in [0.15, 0.2) is 12.1 Å². The predicted octanol–water partition coefficient (Wildman–Crippen LogP) is 5.70. The van der Waals surface area contributed by atoms with Crippen molar-refractivity contribution in [2.75, 3.05) is 6.61 Å². The fourth-order valence-electron chi connectivity index (χ4n) is 4.36. The minimum Gasteiger partial charge on any atom is -0.492 e. The fourth-order valence-corrected chi connectivity index (χ4v) is 5.34. The summed E-state index contributed by atoms with van der Waals surface area (Å²) in [6.45, 7) is 13.7. The highest BCUT2D eigenvalue weighted by molar-refractivity contribution is 7.40. The van der Waals surface area contributed by atoms with Crippen LogP contribution in [0.25, 0.3) is 0 Å². The summed E-state index contributed by atoms with van der Waals surface area (Å²) in [7, 11) is -2.67. The SMILES string of the molecule is Cc1cc(CC(C)(C)NC(=O)OC(C)(C)C)cc(C)c1OCC1([PH](=O)O)CCCCC1. The van der Waals surface area contributed by atoms with Crippen molar-refractivity contribution in [3.63, 3.8) is 0 Å². The van der Waals surface area contributed by atoms with Gasteiger partial charge in [0.25, 0.3) is 0 Å². The average Bonchev–Trinajstić information content (AvgIpc) is 2.58. The minimum atomic E-state index is -2.67. The first-order chi connectivity index (χ1) is 14.2. The van der Waals surface area contributed by atoms with E-state index in [0.29, 0.717) is 6.42 Å². The highest BCUT2D eigenvalue weighted by atomic mass is 31.1. The molecule has 31 heavy (non-hydrogen) atoms. The largest absolute Gasteiger partial charge is 0.492 e. The lowest BCUT2D eigenvalue weighted by molar-refractivity contribution is 0.0472. The first kappa shape index (κ1) is 25.7. The summed E-state index contributed by atoms with van der Waals surface area (Å²) in [4.78, 5) is 22.2. The summed E-state index contributed by atoms with van der Waals surface area (Å²) in [5.41, 5.74) is 2.05. The van der Waals surface area contributed by atoms with Crippen LogP contribution >= 0.6 is 8.03 Å². The Labute approximate surface area is 188 Å². The Bertz CT molecular complexity index is 784. The lowest BCUT2D eigenvalue weighted by Crippen LogP contribution is -2.47. The summed E-state index contributed by atoms with van der Waals surface area (Å²) in [5, 5.41) is 2.35. The van der Waals surface area contributed by atoms with Crippen LogP contribution in [0, 0.1) is 13.8 Å².